The largest absolute Gasteiger partial charge is 0.370 e. The third-order valence-corrected chi connectivity index (χ3v) is 4.55. The van der Waals surface area contributed by atoms with Crippen LogP contribution in [0.2, 0.25) is 10.0 Å². The number of carbonyl (C=O) groups excluding carboxylic acids is 1. The van der Waals surface area contributed by atoms with Crippen molar-refractivity contribution in [2.45, 2.75) is 6.42 Å². The molecular formula is C16H15Cl2N5O. The molecule has 1 amide bonds. The van der Waals surface area contributed by atoms with Crippen LogP contribution in [0.1, 0.15) is 6.42 Å². The molecule has 24 heavy (non-hydrogen) atoms. The number of hydrogen-bond acceptors (Lipinski definition) is 4. The zero-order valence-electron chi connectivity index (χ0n) is 12.9. The van der Waals surface area contributed by atoms with Crippen LogP contribution in [0.3, 0.4) is 0 Å². The van der Waals surface area contributed by atoms with Gasteiger partial charge >= 0.3 is 0 Å². The first-order chi connectivity index (χ1) is 11.5. The van der Waals surface area contributed by atoms with Crippen molar-refractivity contribution in [2.75, 3.05) is 18.5 Å². The van der Waals surface area contributed by atoms with E-state index in [2.05, 4.69) is 15.2 Å². The number of H-pyrrole nitrogens is 1. The number of primary amides is 1. The van der Waals surface area contributed by atoms with E-state index in [-0.39, 0.29) is 12.3 Å². The van der Waals surface area contributed by atoms with Crippen LogP contribution in [0.25, 0.3) is 22.0 Å². The van der Waals surface area contributed by atoms with Crippen molar-refractivity contribution in [2.24, 2.45) is 5.73 Å². The maximum absolute atomic E-state index is 11.0. The topological polar surface area (TPSA) is 87.9 Å². The molecule has 8 heteroatoms. The minimum atomic E-state index is -0.362. The summed E-state index contributed by atoms with van der Waals surface area (Å²) in [5.74, 6) is 0.308. The summed E-state index contributed by atoms with van der Waals surface area (Å²) < 4.78 is 0. The fourth-order valence-corrected chi connectivity index (χ4v) is 2.80. The molecule has 0 spiro atoms. The number of pyridine rings is 1. The Hall–Kier alpha value is -2.31. The van der Waals surface area contributed by atoms with E-state index < -0.39 is 0 Å². The molecule has 0 bridgehead atoms. The van der Waals surface area contributed by atoms with Crippen LogP contribution in [0.5, 0.6) is 0 Å². The second kappa shape index (κ2) is 6.67. The van der Waals surface area contributed by atoms with Gasteiger partial charge in [0.2, 0.25) is 5.91 Å². The predicted octanol–water partition coefficient (Wildman–Crippen LogP) is 3.24. The van der Waals surface area contributed by atoms with Crippen LogP contribution in [0, 0.1) is 0 Å². The minimum absolute atomic E-state index is 0.237. The van der Waals surface area contributed by atoms with Gasteiger partial charge in [0.15, 0.2) is 0 Å². The Bertz CT molecular complexity index is 895. The number of rotatable bonds is 5. The van der Waals surface area contributed by atoms with E-state index in [1.165, 1.54) is 0 Å². The van der Waals surface area contributed by atoms with Crippen molar-refractivity contribution in [3.05, 3.63) is 40.6 Å². The molecule has 0 aliphatic rings. The van der Waals surface area contributed by atoms with E-state index in [1.807, 2.05) is 24.1 Å². The first kappa shape index (κ1) is 16.5. The minimum Gasteiger partial charge on any atom is -0.370 e. The molecule has 2 aromatic heterocycles. The quantitative estimate of drug-likeness (QED) is 0.728. The molecule has 1 aromatic carbocycles. The number of aromatic amines is 1. The Labute approximate surface area is 148 Å². The summed E-state index contributed by atoms with van der Waals surface area (Å²) in [5.41, 5.74) is 7.66. The van der Waals surface area contributed by atoms with Gasteiger partial charge in [-0.1, -0.05) is 29.3 Å². The Morgan fingerprint density at radius 2 is 2.17 bits per heavy atom. The lowest BCUT2D eigenvalue weighted by Gasteiger charge is -2.19. The number of fused-ring (bicyclic) bond motifs is 1. The molecule has 3 aromatic rings. The molecular weight excluding hydrogens is 349 g/mol. The second-order valence-corrected chi connectivity index (χ2v) is 6.20. The van der Waals surface area contributed by atoms with Crippen molar-refractivity contribution in [1.29, 1.82) is 0 Å². The van der Waals surface area contributed by atoms with Gasteiger partial charge in [0.05, 0.1) is 21.8 Å². The molecule has 3 N–H and O–H groups in total. The molecule has 0 saturated carbocycles. The highest BCUT2D eigenvalue weighted by Crippen LogP contribution is 2.37. The molecule has 2 heterocycles. The molecule has 124 valence electrons. The molecule has 0 atom stereocenters. The van der Waals surface area contributed by atoms with Gasteiger partial charge in [0.1, 0.15) is 5.82 Å². The monoisotopic (exact) mass is 363 g/mol. The van der Waals surface area contributed by atoms with Gasteiger partial charge < -0.3 is 10.6 Å². The summed E-state index contributed by atoms with van der Waals surface area (Å²) in [6, 6.07) is 5.55. The van der Waals surface area contributed by atoms with Crippen LogP contribution in [-0.4, -0.2) is 34.7 Å². The third-order valence-electron chi connectivity index (χ3n) is 3.75. The van der Waals surface area contributed by atoms with Crippen molar-refractivity contribution in [3.63, 3.8) is 0 Å². The first-order valence-electron chi connectivity index (χ1n) is 7.24. The third kappa shape index (κ3) is 3.16. The molecule has 0 radical (unpaired) electrons. The van der Waals surface area contributed by atoms with Gasteiger partial charge in [0.25, 0.3) is 0 Å². The van der Waals surface area contributed by atoms with E-state index in [0.29, 0.717) is 27.9 Å². The van der Waals surface area contributed by atoms with Gasteiger partial charge in [-0.2, -0.15) is 5.10 Å². The van der Waals surface area contributed by atoms with E-state index in [9.17, 15) is 4.79 Å². The number of nitrogens with one attached hydrogen (secondary N) is 1. The van der Waals surface area contributed by atoms with Gasteiger partial charge in [-0.3, -0.25) is 9.89 Å². The van der Waals surface area contributed by atoms with Crippen LogP contribution < -0.4 is 10.6 Å². The number of amides is 1. The van der Waals surface area contributed by atoms with Crippen LogP contribution >= 0.6 is 23.2 Å². The van der Waals surface area contributed by atoms with Gasteiger partial charge in [-0.15, -0.1) is 0 Å². The average molecular weight is 364 g/mol. The lowest BCUT2D eigenvalue weighted by atomic mass is 10.0. The van der Waals surface area contributed by atoms with E-state index in [0.717, 1.165) is 16.5 Å². The van der Waals surface area contributed by atoms with Crippen molar-refractivity contribution in [3.8, 4) is 11.1 Å². The fraction of sp³-hybridized carbons (Fsp3) is 0.188. The second-order valence-electron chi connectivity index (χ2n) is 5.41. The van der Waals surface area contributed by atoms with Gasteiger partial charge in [-0.05, 0) is 17.7 Å². The molecule has 0 aliphatic heterocycles. The summed E-state index contributed by atoms with van der Waals surface area (Å²) in [6.45, 7) is 0.455. The lowest BCUT2D eigenvalue weighted by Crippen LogP contribution is -2.24. The molecule has 3 rings (SSSR count). The van der Waals surface area contributed by atoms with Crippen molar-refractivity contribution >= 4 is 45.8 Å². The van der Waals surface area contributed by atoms with Crippen LogP contribution in [0.4, 0.5) is 5.82 Å². The highest BCUT2D eigenvalue weighted by molar-refractivity contribution is 6.45. The van der Waals surface area contributed by atoms with E-state index in [4.69, 9.17) is 28.9 Å². The highest BCUT2D eigenvalue weighted by atomic mass is 35.5. The highest BCUT2D eigenvalue weighted by Gasteiger charge is 2.15. The maximum Gasteiger partial charge on any atom is 0.219 e. The summed E-state index contributed by atoms with van der Waals surface area (Å²) >= 11 is 12.5. The van der Waals surface area contributed by atoms with E-state index in [1.54, 1.807) is 18.5 Å². The Morgan fingerprint density at radius 3 is 2.83 bits per heavy atom. The summed E-state index contributed by atoms with van der Waals surface area (Å²) in [5, 5.41) is 8.51. The maximum atomic E-state index is 11.0. The zero-order chi connectivity index (χ0) is 17.3. The summed E-state index contributed by atoms with van der Waals surface area (Å²) in [7, 11) is 1.84. The number of nitrogens with zero attached hydrogens (tertiary/aromatic N) is 3. The molecule has 6 nitrogen and oxygen atoms in total. The number of halogens is 2. The van der Waals surface area contributed by atoms with E-state index >= 15 is 0 Å². The number of anilines is 1. The number of aromatic nitrogens is 3. The normalized spacial score (nSPS) is 11.0. The standard InChI is InChI=1S/C16H15Cl2N5O/c1-23(5-4-13(19)24)14-6-11(9-7-20-21-8-9)10-2-3-12(17)15(18)16(10)22-14/h2-3,6-8H,4-5H2,1H3,(H2,19,24)(H,20,21). The fourth-order valence-electron chi connectivity index (χ4n) is 2.45. The number of benzene rings is 1. The van der Waals surface area contributed by atoms with Crippen LogP contribution in [-0.2, 0) is 4.79 Å². The number of nitrogens with two attached hydrogens (primary N) is 1. The number of carbonyl (C=O) groups is 1. The molecule has 0 aliphatic carbocycles. The molecule has 0 unspecified atom stereocenters. The number of hydrogen-bond donors (Lipinski definition) is 2. The Kier molecular flexibility index (Phi) is 4.59. The lowest BCUT2D eigenvalue weighted by molar-refractivity contribution is -0.117. The zero-order valence-corrected chi connectivity index (χ0v) is 14.4. The van der Waals surface area contributed by atoms with Crippen molar-refractivity contribution in [1.82, 2.24) is 15.2 Å². The van der Waals surface area contributed by atoms with Gasteiger partial charge in [0, 0.05) is 37.2 Å². The summed E-state index contributed by atoms with van der Waals surface area (Å²) in [4.78, 5) is 17.5. The Balaban J connectivity index is 2.17. The smallest absolute Gasteiger partial charge is 0.219 e. The molecule has 0 fully saturated rings. The predicted molar refractivity (Wildman–Crippen MR) is 96.4 cm³/mol. The van der Waals surface area contributed by atoms with Gasteiger partial charge in [-0.25, -0.2) is 4.98 Å². The molecule has 0 saturated heterocycles. The summed E-state index contributed by atoms with van der Waals surface area (Å²) in [6.07, 6.45) is 3.76. The first-order valence-corrected chi connectivity index (χ1v) is 8.00. The average Bonchev–Trinajstić information content (AvgIpc) is 3.09. The van der Waals surface area contributed by atoms with Crippen molar-refractivity contribution < 1.29 is 4.79 Å². The van der Waals surface area contributed by atoms with Crippen LogP contribution in [0.15, 0.2) is 30.6 Å². The SMILES string of the molecule is CN(CCC(N)=O)c1cc(-c2cn[nH]c2)c2ccc(Cl)c(Cl)c2n1. The Morgan fingerprint density at radius 1 is 1.38 bits per heavy atom.